The first-order valence-electron chi connectivity index (χ1n) is 3.05. The van der Waals surface area contributed by atoms with Crippen LogP contribution in [0.2, 0.25) is 0 Å². The van der Waals surface area contributed by atoms with Gasteiger partial charge in [-0.1, -0.05) is 4.68 Å². The van der Waals surface area contributed by atoms with Gasteiger partial charge in [-0.25, -0.2) is 5.84 Å². The zero-order valence-electron chi connectivity index (χ0n) is 6.06. The van der Waals surface area contributed by atoms with Gasteiger partial charge in [0, 0.05) is 12.5 Å². The third-order valence-electron chi connectivity index (χ3n) is 1.57. The van der Waals surface area contributed by atoms with Crippen LogP contribution < -0.4 is 10.5 Å². The molecule has 0 radical (unpaired) electrons. The molecule has 1 aromatic rings. The van der Waals surface area contributed by atoms with Gasteiger partial charge in [0.1, 0.15) is 0 Å². The second kappa shape index (κ2) is 2.58. The predicted molar refractivity (Wildman–Crippen MR) is 44.0 cm³/mol. The van der Waals surface area contributed by atoms with E-state index in [4.69, 9.17) is 5.84 Å². The fourth-order valence-electron chi connectivity index (χ4n) is 0.782. The Kier molecular flexibility index (Phi) is 1.94. The molecule has 0 amide bonds. The zero-order valence-corrected chi connectivity index (χ0v) is 7.64. The van der Waals surface area contributed by atoms with E-state index in [2.05, 4.69) is 15.9 Å². The molecule has 0 fully saturated rings. The molecule has 0 aliphatic rings. The SMILES string of the molecule is Cc1cc(Br)c[n+](N)c1C. The predicted octanol–water partition coefficient (Wildman–Crippen LogP) is 1.07. The summed E-state index contributed by atoms with van der Waals surface area (Å²) >= 11 is 3.35. The van der Waals surface area contributed by atoms with E-state index in [1.807, 2.05) is 26.1 Å². The highest BCUT2D eigenvalue weighted by Gasteiger charge is 2.06. The summed E-state index contributed by atoms with van der Waals surface area (Å²) in [7, 11) is 0. The van der Waals surface area contributed by atoms with E-state index in [1.54, 1.807) is 4.68 Å². The number of nitrogens with two attached hydrogens (primary N) is 1. The summed E-state index contributed by atoms with van der Waals surface area (Å²) in [6.07, 6.45) is 1.84. The average molecular weight is 202 g/mol. The van der Waals surface area contributed by atoms with Gasteiger partial charge in [0.2, 0.25) is 11.9 Å². The molecule has 2 nitrogen and oxygen atoms in total. The first-order chi connectivity index (χ1) is 4.61. The highest BCUT2D eigenvalue weighted by molar-refractivity contribution is 9.10. The van der Waals surface area contributed by atoms with Gasteiger partial charge in [0.15, 0.2) is 0 Å². The molecule has 54 valence electrons. The molecule has 1 rings (SSSR count). The average Bonchev–Trinajstić information content (AvgIpc) is 1.82. The van der Waals surface area contributed by atoms with Crippen LogP contribution in [0, 0.1) is 13.8 Å². The van der Waals surface area contributed by atoms with Gasteiger partial charge in [-0.3, -0.25) is 0 Å². The van der Waals surface area contributed by atoms with Crippen LogP contribution in [0.15, 0.2) is 16.7 Å². The molecule has 0 aromatic carbocycles. The second-order valence-corrected chi connectivity index (χ2v) is 3.25. The van der Waals surface area contributed by atoms with E-state index in [-0.39, 0.29) is 0 Å². The fourth-order valence-corrected chi connectivity index (χ4v) is 1.35. The van der Waals surface area contributed by atoms with Crippen LogP contribution in [0.5, 0.6) is 0 Å². The fraction of sp³-hybridized carbons (Fsp3) is 0.286. The lowest BCUT2D eigenvalue weighted by atomic mass is 10.2. The summed E-state index contributed by atoms with van der Waals surface area (Å²) in [5.74, 6) is 5.61. The van der Waals surface area contributed by atoms with E-state index in [9.17, 15) is 0 Å². The lowest BCUT2D eigenvalue weighted by molar-refractivity contribution is -0.646. The van der Waals surface area contributed by atoms with E-state index < -0.39 is 0 Å². The van der Waals surface area contributed by atoms with E-state index in [0.29, 0.717) is 0 Å². The molecule has 0 aliphatic heterocycles. The molecule has 0 unspecified atom stereocenters. The number of rotatable bonds is 0. The van der Waals surface area contributed by atoms with Gasteiger partial charge in [-0.05, 0) is 28.9 Å². The van der Waals surface area contributed by atoms with Crippen molar-refractivity contribution in [2.45, 2.75) is 13.8 Å². The summed E-state index contributed by atoms with van der Waals surface area (Å²) in [5.41, 5.74) is 2.28. The van der Waals surface area contributed by atoms with Gasteiger partial charge in [-0.15, -0.1) is 0 Å². The normalized spacial score (nSPS) is 9.90. The highest BCUT2D eigenvalue weighted by atomic mass is 79.9. The first-order valence-corrected chi connectivity index (χ1v) is 3.84. The Bertz CT molecular complexity index is 235. The maximum atomic E-state index is 5.61. The Balaban J connectivity index is 3.31. The van der Waals surface area contributed by atoms with Gasteiger partial charge < -0.3 is 0 Å². The lowest BCUT2D eigenvalue weighted by Gasteiger charge is -1.96. The lowest BCUT2D eigenvalue weighted by Crippen LogP contribution is -2.47. The van der Waals surface area contributed by atoms with Crippen molar-refractivity contribution in [2.24, 2.45) is 0 Å². The molecule has 0 saturated carbocycles. The maximum absolute atomic E-state index is 5.61. The van der Waals surface area contributed by atoms with Crippen molar-refractivity contribution in [3.05, 3.63) is 28.0 Å². The summed E-state index contributed by atoms with van der Waals surface area (Å²) in [6.45, 7) is 4.02. The molecule has 3 heteroatoms. The number of aromatic nitrogens is 1. The summed E-state index contributed by atoms with van der Waals surface area (Å²) in [5, 5.41) is 0. The van der Waals surface area contributed by atoms with Crippen LogP contribution in [-0.4, -0.2) is 0 Å². The quantitative estimate of drug-likeness (QED) is 0.494. The topological polar surface area (TPSA) is 29.9 Å². The number of nitrogen functional groups attached to an aromatic ring is 1. The Labute approximate surface area is 68.8 Å². The Morgan fingerprint density at radius 2 is 2.10 bits per heavy atom. The minimum atomic E-state index is 1.01. The first kappa shape index (κ1) is 7.54. The molecular weight excluding hydrogens is 192 g/mol. The van der Waals surface area contributed by atoms with Gasteiger partial charge in [0.25, 0.3) is 0 Å². The molecule has 1 heterocycles. The van der Waals surface area contributed by atoms with Gasteiger partial charge >= 0.3 is 0 Å². The van der Waals surface area contributed by atoms with Crippen molar-refractivity contribution >= 4 is 15.9 Å². The van der Waals surface area contributed by atoms with E-state index in [1.165, 1.54) is 5.56 Å². The summed E-state index contributed by atoms with van der Waals surface area (Å²) < 4.78 is 2.62. The monoisotopic (exact) mass is 201 g/mol. The highest BCUT2D eigenvalue weighted by Crippen LogP contribution is 2.09. The van der Waals surface area contributed by atoms with Crippen molar-refractivity contribution in [3.8, 4) is 0 Å². The Hall–Kier alpha value is -0.570. The van der Waals surface area contributed by atoms with Crippen LogP contribution in [0.1, 0.15) is 11.3 Å². The van der Waals surface area contributed by atoms with Crippen molar-refractivity contribution < 1.29 is 4.68 Å². The second-order valence-electron chi connectivity index (χ2n) is 2.33. The van der Waals surface area contributed by atoms with Crippen LogP contribution in [0.25, 0.3) is 0 Å². The summed E-state index contributed by atoms with van der Waals surface area (Å²) in [4.78, 5) is 0. The molecule has 0 aliphatic carbocycles. The number of hydrogen-bond acceptors (Lipinski definition) is 1. The van der Waals surface area contributed by atoms with Crippen LogP contribution in [0.3, 0.4) is 0 Å². The summed E-state index contributed by atoms with van der Waals surface area (Å²) in [6, 6.07) is 2.04. The Morgan fingerprint density at radius 1 is 1.50 bits per heavy atom. The van der Waals surface area contributed by atoms with Crippen LogP contribution >= 0.6 is 15.9 Å². The largest absolute Gasteiger partial charge is 0.213 e. The van der Waals surface area contributed by atoms with Crippen molar-refractivity contribution in [3.63, 3.8) is 0 Å². The maximum Gasteiger partial charge on any atom is 0.213 e. The van der Waals surface area contributed by atoms with Crippen LogP contribution in [-0.2, 0) is 0 Å². The number of pyridine rings is 1. The van der Waals surface area contributed by atoms with Crippen molar-refractivity contribution in [1.29, 1.82) is 0 Å². The molecular formula is C7H10BrN2+. The number of halogens is 1. The standard InChI is InChI=1S/C7H10BrN2/c1-5-3-7(8)4-10(9)6(5)2/h3-4H,9H2,1-2H3/q+1. The number of nitrogens with zero attached hydrogens (tertiary/aromatic N) is 1. The minimum absolute atomic E-state index is 1.01. The molecule has 0 spiro atoms. The number of aryl methyl sites for hydroxylation is 1. The molecule has 0 atom stereocenters. The molecule has 2 N–H and O–H groups in total. The smallest absolute Gasteiger partial charge is 0.205 e. The third-order valence-corrected chi connectivity index (χ3v) is 2.01. The van der Waals surface area contributed by atoms with Crippen LogP contribution in [0.4, 0.5) is 0 Å². The van der Waals surface area contributed by atoms with Gasteiger partial charge in [-0.2, -0.15) is 0 Å². The van der Waals surface area contributed by atoms with Crippen molar-refractivity contribution in [1.82, 2.24) is 0 Å². The van der Waals surface area contributed by atoms with Crippen molar-refractivity contribution in [2.75, 3.05) is 5.84 Å². The third kappa shape index (κ3) is 1.29. The molecule has 0 saturated heterocycles. The van der Waals surface area contributed by atoms with E-state index in [0.717, 1.165) is 10.2 Å². The molecule has 10 heavy (non-hydrogen) atoms. The zero-order chi connectivity index (χ0) is 7.72. The van der Waals surface area contributed by atoms with E-state index >= 15 is 0 Å². The number of hydrogen-bond donors (Lipinski definition) is 1. The molecule has 0 bridgehead atoms. The minimum Gasteiger partial charge on any atom is -0.205 e. The molecule has 1 aromatic heterocycles. The Morgan fingerprint density at radius 3 is 2.60 bits per heavy atom. The van der Waals surface area contributed by atoms with Gasteiger partial charge in [0.05, 0.1) is 4.47 Å².